The largest absolute Gasteiger partial charge is 0.486 e. The molecule has 0 N–H and O–H groups in total. The highest BCUT2D eigenvalue weighted by molar-refractivity contribution is 6.07. The van der Waals surface area contributed by atoms with Crippen LogP contribution < -0.4 is 14.4 Å². The summed E-state index contributed by atoms with van der Waals surface area (Å²) >= 11 is 0. The van der Waals surface area contributed by atoms with Crippen LogP contribution in [0.5, 0.6) is 11.5 Å². The Balaban J connectivity index is 1.30. The van der Waals surface area contributed by atoms with Crippen LogP contribution in [0.2, 0.25) is 0 Å². The minimum absolute atomic E-state index is 0.0475. The zero-order valence-corrected chi connectivity index (χ0v) is 19.7. The van der Waals surface area contributed by atoms with Crippen LogP contribution in [0, 0.1) is 6.92 Å². The number of rotatable bonds is 3. The van der Waals surface area contributed by atoms with Crippen LogP contribution in [0.4, 0.5) is 5.69 Å². The molecule has 3 heterocycles. The summed E-state index contributed by atoms with van der Waals surface area (Å²) in [5.41, 5.74) is 5.61. The molecule has 6 nitrogen and oxygen atoms in total. The van der Waals surface area contributed by atoms with E-state index in [1.807, 2.05) is 53.4 Å². The van der Waals surface area contributed by atoms with Gasteiger partial charge in [-0.25, -0.2) is 4.98 Å². The van der Waals surface area contributed by atoms with Gasteiger partial charge in [0.05, 0.1) is 16.8 Å². The van der Waals surface area contributed by atoms with Crippen LogP contribution in [0.25, 0.3) is 22.2 Å². The van der Waals surface area contributed by atoms with Crippen molar-refractivity contribution in [1.82, 2.24) is 9.88 Å². The third-order valence-corrected chi connectivity index (χ3v) is 6.72. The number of carbonyl (C=O) groups is 1. The Morgan fingerprint density at radius 1 is 0.829 bits per heavy atom. The number of aryl methyl sites for hydroxylation is 1. The number of pyridine rings is 1. The summed E-state index contributed by atoms with van der Waals surface area (Å²) in [6.45, 7) is 6.18. The highest BCUT2D eigenvalue weighted by atomic mass is 16.6. The molecule has 0 atom stereocenters. The van der Waals surface area contributed by atoms with Gasteiger partial charge in [-0.3, -0.25) is 4.79 Å². The molecule has 0 saturated carbocycles. The van der Waals surface area contributed by atoms with Gasteiger partial charge in [0.2, 0.25) is 0 Å². The summed E-state index contributed by atoms with van der Waals surface area (Å²) in [5.74, 6) is 1.50. The van der Waals surface area contributed by atoms with Gasteiger partial charge < -0.3 is 19.3 Å². The lowest BCUT2D eigenvalue weighted by Crippen LogP contribution is -2.48. The lowest BCUT2D eigenvalue weighted by Gasteiger charge is -2.36. The molecule has 1 amide bonds. The molecule has 3 aromatic carbocycles. The van der Waals surface area contributed by atoms with E-state index in [2.05, 4.69) is 36.1 Å². The number of para-hydroxylation sites is 1. The molecule has 176 valence electrons. The molecule has 2 aliphatic rings. The minimum Gasteiger partial charge on any atom is -0.486 e. The number of hydrogen-bond donors (Lipinski definition) is 0. The number of piperazine rings is 1. The summed E-state index contributed by atoms with van der Waals surface area (Å²) in [5, 5.41) is 0.875. The standard InChI is InChI=1S/C29H27N3O3/c1-20-5-4-6-22(17-20)31-11-13-32(14-12-31)29(33)24-19-26(30-25-8-3-2-7-23(24)25)21-9-10-27-28(18-21)35-16-15-34-27/h2-10,17-19H,11-16H2,1H3. The first-order valence-corrected chi connectivity index (χ1v) is 12.1. The molecule has 0 radical (unpaired) electrons. The normalized spacial score (nSPS) is 15.3. The molecule has 1 aromatic heterocycles. The predicted molar refractivity (Wildman–Crippen MR) is 137 cm³/mol. The first-order valence-electron chi connectivity index (χ1n) is 12.1. The first-order chi connectivity index (χ1) is 17.2. The summed E-state index contributed by atoms with van der Waals surface area (Å²) in [4.78, 5) is 22.9. The van der Waals surface area contributed by atoms with E-state index in [1.165, 1.54) is 11.3 Å². The SMILES string of the molecule is Cc1cccc(N2CCN(C(=O)c3cc(-c4ccc5c(c4)OCCO5)nc4ccccc34)CC2)c1. The van der Waals surface area contributed by atoms with E-state index in [0.29, 0.717) is 37.6 Å². The van der Waals surface area contributed by atoms with Crippen molar-refractivity contribution in [2.45, 2.75) is 6.92 Å². The molecule has 0 bridgehead atoms. The number of carbonyl (C=O) groups excluding carboxylic acids is 1. The Morgan fingerprint density at radius 3 is 2.46 bits per heavy atom. The van der Waals surface area contributed by atoms with Gasteiger partial charge in [-0.05, 0) is 55.0 Å². The lowest BCUT2D eigenvalue weighted by molar-refractivity contribution is 0.0748. The number of aromatic nitrogens is 1. The molecule has 1 saturated heterocycles. The van der Waals surface area contributed by atoms with E-state index in [-0.39, 0.29) is 5.91 Å². The predicted octanol–water partition coefficient (Wildman–Crippen LogP) is 4.94. The van der Waals surface area contributed by atoms with Crippen molar-refractivity contribution in [3.8, 4) is 22.8 Å². The average Bonchev–Trinajstić information content (AvgIpc) is 2.92. The summed E-state index contributed by atoms with van der Waals surface area (Å²) in [6, 6.07) is 24.1. The number of hydrogen-bond acceptors (Lipinski definition) is 5. The van der Waals surface area contributed by atoms with Crippen LogP contribution in [-0.2, 0) is 0 Å². The van der Waals surface area contributed by atoms with E-state index in [4.69, 9.17) is 14.5 Å². The molecular formula is C29H27N3O3. The van der Waals surface area contributed by atoms with Gasteiger partial charge in [-0.2, -0.15) is 0 Å². The van der Waals surface area contributed by atoms with E-state index in [1.54, 1.807) is 0 Å². The number of anilines is 1. The van der Waals surface area contributed by atoms with E-state index in [0.717, 1.165) is 41.0 Å². The zero-order valence-electron chi connectivity index (χ0n) is 19.7. The Kier molecular flexibility index (Phi) is 5.49. The van der Waals surface area contributed by atoms with Crippen LogP contribution in [0.1, 0.15) is 15.9 Å². The Labute approximate surface area is 204 Å². The smallest absolute Gasteiger partial charge is 0.254 e. The van der Waals surface area contributed by atoms with E-state index < -0.39 is 0 Å². The monoisotopic (exact) mass is 465 g/mol. The van der Waals surface area contributed by atoms with Gasteiger partial charge in [0, 0.05) is 42.8 Å². The summed E-state index contributed by atoms with van der Waals surface area (Å²) in [7, 11) is 0. The highest BCUT2D eigenvalue weighted by Crippen LogP contribution is 2.35. The van der Waals surface area contributed by atoms with E-state index in [9.17, 15) is 4.79 Å². The lowest BCUT2D eigenvalue weighted by atomic mass is 10.0. The number of fused-ring (bicyclic) bond motifs is 2. The van der Waals surface area contributed by atoms with Gasteiger partial charge in [0.1, 0.15) is 13.2 Å². The van der Waals surface area contributed by atoms with Gasteiger partial charge in [-0.15, -0.1) is 0 Å². The molecule has 6 rings (SSSR count). The van der Waals surface area contributed by atoms with Gasteiger partial charge in [0.15, 0.2) is 11.5 Å². The minimum atomic E-state index is 0.0475. The molecule has 6 heteroatoms. The third-order valence-electron chi connectivity index (χ3n) is 6.72. The molecule has 0 aliphatic carbocycles. The number of benzene rings is 3. The molecule has 0 spiro atoms. The van der Waals surface area contributed by atoms with Gasteiger partial charge in [-0.1, -0.05) is 30.3 Å². The fraction of sp³-hybridized carbons (Fsp3) is 0.241. The van der Waals surface area contributed by atoms with Crippen LogP contribution in [0.15, 0.2) is 72.8 Å². The fourth-order valence-electron chi connectivity index (χ4n) is 4.87. The maximum Gasteiger partial charge on any atom is 0.254 e. The van der Waals surface area contributed by atoms with Crippen molar-refractivity contribution in [3.63, 3.8) is 0 Å². The Bertz CT molecular complexity index is 1410. The first kappa shape index (κ1) is 21.5. The average molecular weight is 466 g/mol. The van der Waals surface area contributed by atoms with E-state index >= 15 is 0 Å². The molecule has 0 unspecified atom stereocenters. The maximum absolute atomic E-state index is 13.8. The van der Waals surface area contributed by atoms with Gasteiger partial charge >= 0.3 is 0 Å². The second-order valence-electron chi connectivity index (χ2n) is 9.05. The van der Waals surface area contributed by atoms with Crippen molar-refractivity contribution in [3.05, 3.63) is 83.9 Å². The van der Waals surface area contributed by atoms with Crippen LogP contribution in [0.3, 0.4) is 0 Å². The van der Waals surface area contributed by atoms with Crippen molar-refractivity contribution < 1.29 is 14.3 Å². The molecular weight excluding hydrogens is 438 g/mol. The highest BCUT2D eigenvalue weighted by Gasteiger charge is 2.25. The number of nitrogens with zero attached hydrogens (tertiary/aromatic N) is 3. The van der Waals surface area contributed by atoms with Crippen molar-refractivity contribution in [2.75, 3.05) is 44.3 Å². The van der Waals surface area contributed by atoms with Gasteiger partial charge in [0.25, 0.3) is 5.91 Å². The summed E-state index contributed by atoms with van der Waals surface area (Å²) in [6.07, 6.45) is 0. The molecule has 1 fully saturated rings. The topological polar surface area (TPSA) is 54.9 Å². The number of ether oxygens (including phenoxy) is 2. The molecule has 4 aromatic rings. The Morgan fingerprint density at radius 2 is 1.63 bits per heavy atom. The van der Waals surface area contributed by atoms with Crippen molar-refractivity contribution in [2.24, 2.45) is 0 Å². The zero-order chi connectivity index (χ0) is 23.8. The third kappa shape index (κ3) is 4.16. The van der Waals surface area contributed by atoms with Crippen LogP contribution in [-0.4, -0.2) is 55.2 Å². The summed E-state index contributed by atoms with van der Waals surface area (Å²) < 4.78 is 11.4. The maximum atomic E-state index is 13.8. The fourth-order valence-corrected chi connectivity index (χ4v) is 4.87. The molecule has 2 aliphatic heterocycles. The second-order valence-corrected chi connectivity index (χ2v) is 9.05. The molecule has 35 heavy (non-hydrogen) atoms. The quantitative estimate of drug-likeness (QED) is 0.429. The second kappa shape index (κ2) is 8.95. The Hall–Kier alpha value is -4.06. The number of amides is 1. The van der Waals surface area contributed by atoms with Crippen LogP contribution >= 0.6 is 0 Å². The van der Waals surface area contributed by atoms with Crippen molar-refractivity contribution >= 4 is 22.5 Å². The van der Waals surface area contributed by atoms with Crippen molar-refractivity contribution in [1.29, 1.82) is 0 Å².